The standard InChI is InChI=1S/C11H18ClN3O2/c1-8(16)9-3-6-15(7-4-9)11-14-13-10(17-11)2-5-12/h8-9,16H,2-7H2,1H3. The number of alkyl halides is 1. The molecule has 2 rings (SSSR count). The fourth-order valence-electron chi connectivity index (χ4n) is 2.13. The van der Waals surface area contributed by atoms with E-state index in [0.29, 0.717) is 30.1 Å². The van der Waals surface area contributed by atoms with Gasteiger partial charge in [0.25, 0.3) is 0 Å². The van der Waals surface area contributed by atoms with Crippen LogP contribution < -0.4 is 4.90 Å². The first kappa shape index (κ1) is 12.6. The van der Waals surface area contributed by atoms with Crippen LogP contribution in [-0.4, -0.2) is 40.4 Å². The quantitative estimate of drug-likeness (QED) is 0.830. The Morgan fingerprint density at radius 2 is 2.18 bits per heavy atom. The van der Waals surface area contributed by atoms with Crippen molar-refractivity contribution in [3.63, 3.8) is 0 Å². The number of nitrogens with zero attached hydrogens (tertiary/aromatic N) is 3. The minimum atomic E-state index is -0.230. The summed E-state index contributed by atoms with van der Waals surface area (Å²) < 4.78 is 5.52. The van der Waals surface area contributed by atoms with Gasteiger partial charge in [0.2, 0.25) is 5.89 Å². The normalized spacial score (nSPS) is 19.6. The summed E-state index contributed by atoms with van der Waals surface area (Å²) in [7, 11) is 0. The molecule has 96 valence electrons. The van der Waals surface area contributed by atoms with E-state index in [2.05, 4.69) is 15.1 Å². The van der Waals surface area contributed by atoms with Gasteiger partial charge in [-0.25, -0.2) is 0 Å². The number of aromatic nitrogens is 2. The number of aryl methyl sites for hydroxylation is 1. The van der Waals surface area contributed by atoms with Crippen LogP contribution in [0.15, 0.2) is 4.42 Å². The van der Waals surface area contributed by atoms with Crippen molar-refractivity contribution < 1.29 is 9.52 Å². The Morgan fingerprint density at radius 1 is 1.47 bits per heavy atom. The molecule has 0 aliphatic carbocycles. The Balaban J connectivity index is 1.91. The molecular formula is C11H18ClN3O2. The second kappa shape index (κ2) is 5.69. The van der Waals surface area contributed by atoms with E-state index in [1.54, 1.807) is 0 Å². The number of halogens is 1. The lowest BCUT2D eigenvalue weighted by molar-refractivity contribution is 0.109. The molecule has 1 fully saturated rings. The van der Waals surface area contributed by atoms with Crippen LogP contribution in [0.2, 0.25) is 0 Å². The number of hydrogen-bond donors (Lipinski definition) is 1. The molecule has 17 heavy (non-hydrogen) atoms. The van der Waals surface area contributed by atoms with Gasteiger partial charge in [-0.05, 0) is 25.7 Å². The molecule has 0 spiro atoms. The van der Waals surface area contributed by atoms with Gasteiger partial charge in [-0.3, -0.25) is 0 Å². The second-order valence-corrected chi connectivity index (χ2v) is 4.86. The number of aliphatic hydroxyl groups excluding tert-OH is 1. The molecule has 1 N–H and O–H groups in total. The maximum atomic E-state index is 9.52. The van der Waals surface area contributed by atoms with Crippen LogP contribution in [0.25, 0.3) is 0 Å². The zero-order chi connectivity index (χ0) is 12.3. The Labute approximate surface area is 106 Å². The first-order valence-corrected chi connectivity index (χ1v) is 6.55. The molecule has 0 saturated carbocycles. The molecule has 0 amide bonds. The first-order valence-electron chi connectivity index (χ1n) is 6.02. The van der Waals surface area contributed by atoms with E-state index in [1.807, 2.05) is 6.92 Å². The molecule has 0 radical (unpaired) electrons. The van der Waals surface area contributed by atoms with Gasteiger partial charge in [-0.1, -0.05) is 5.10 Å². The van der Waals surface area contributed by atoms with Gasteiger partial charge < -0.3 is 14.4 Å². The molecule has 1 aliphatic rings. The summed E-state index contributed by atoms with van der Waals surface area (Å²) in [5.74, 6) is 1.47. The average molecular weight is 260 g/mol. The van der Waals surface area contributed by atoms with E-state index in [4.69, 9.17) is 16.0 Å². The van der Waals surface area contributed by atoms with Crippen LogP contribution >= 0.6 is 11.6 Å². The summed E-state index contributed by atoms with van der Waals surface area (Å²) >= 11 is 5.62. The number of anilines is 1. The van der Waals surface area contributed by atoms with Gasteiger partial charge in [0.05, 0.1) is 6.10 Å². The predicted molar refractivity (Wildman–Crippen MR) is 65.3 cm³/mol. The summed E-state index contributed by atoms with van der Waals surface area (Å²) in [6.07, 6.45) is 2.31. The molecule has 2 heterocycles. The summed E-state index contributed by atoms with van der Waals surface area (Å²) in [6.45, 7) is 3.57. The monoisotopic (exact) mass is 259 g/mol. The highest BCUT2D eigenvalue weighted by molar-refractivity contribution is 6.17. The number of rotatable bonds is 4. The number of aliphatic hydroxyl groups is 1. The van der Waals surface area contributed by atoms with Crippen LogP contribution in [0.4, 0.5) is 6.01 Å². The fraction of sp³-hybridized carbons (Fsp3) is 0.818. The molecule has 0 bridgehead atoms. The molecule has 5 nitrogen and oxygen atoms in total. The third kappa shape index (κ3) is 3.10. The Hall–Kier alpha value is -0.810. The fourth-order valence-corrected chi connectivity index (χ4v) is 2.29. The van der Waals surface area contributed by atoms with Crippen LogP contribution in [0.1, 0.15) is 25.7 Å². The average Bonchev–Trinajstić information content (AvgIpc) is 2.78. The van der Waals surface area contributed by atoms with Gasteiger partial charge in [-0.15, -0.1) is 16.7 Å². The van der Waals surface area contributed by atoms with Crippen molar-refractivity contribution in [3.05, 3.63) is 5.89 Å². The van der Waals surface area contributed by atoms with E-state index >= 15 is 0 Å². The van der Waals surface area contributed by atoms with Gasteiger partial charge in [0, 0.05) is 25.4 Å². The number of piperidine rings is 1. The second-order valence-electron chi connectivity index (χ2n) is 4.48. The molecule has 1 atom stereocenters. The molecule has 1 unspecified atom stereocenters. The minimum Gasteiger partial charge on any atom is -0.408 e. The van der Waals surface area contributed by atoms with E-state index in [9.17, 15) is 5.11 Å². The maximum Gasteiger partial charge on any atom is 0.318 e. The highest BCUT2D eigenvalue weighted by Gasteiger charge is 2.25. The van der Waals surface area contributed by atoms with Gasteiger partial charge in [0.15, 0.2) is 0 Å². The zero-order valence-corrected chi connectivity index (χ0v) is 10.7. The van der Waals surface area contributed by atoms with Crippen molar-refractivity contribution in [2.45, 2.75) is 32.3 Å². The highest BCUT2D eigenvalue weighted by Crippen LogP contribution is 2.24. The largest absolute Gasteiger partial charge is 0.408 e. The molecule has 1 saturated heterocycles. The van der Waals surface area contributed by atoms with Crippen molar-refractivity contribution in [2.75, 3.05) is 23.9 Å². The molecule has 1 aromatic rings. The van der Waals surface area contributed by atoms with Crippen LogP contribution in [0.3, 0.4) is 0 Å². The van der Waals surface area contributed by atoms with Crippen LogP contribution in [-0.2, 0) is 6.42 Å². The lowest BCUT2D eigenvalue weighted by Gasteiger charge is -2.31. The van der Waals surface area contributed by atoms with E-state index in [1.165, 1.54) is 0 Å². The third-order valence-electron chi connectivity index (χ3n) is 3.26. The zero-order valence-electron chi connectivity index (χ0n) is 9.97. The molecule has 6 heteroatoms. The van der Waals surface area contributed by atoms with Crippen LogP contribution in [0, 0.1) is 5.92 Å². The molecule has 1 aromatic heterocycles. The van der Waals surface area contributed by atoms with Gasteiger partial charge in [-0.2, -0.15) is 0 Å². The minimum absolute atomic E-state index is 0.230. The van der Waals surface area contributed by atoms with Crippen molar-refractivity contribution in [3.8, 4) is 0 Å². The Bertz CT molecular complexity index is 348. The van der Waals surface area contributed by atoms with E-state index in [0.717, 1.165) is 25.9 Å². The SMILES string of the molecule is CC(O)C1CCN(c2nnc(CCCl)o2)CC1. The smallest absolute Gasteiger partial charge is 0.318 e. The van der Waals surface area contributed by atoms with E-state index in [-0.39, 0.29) is 6.10 Å². The predicted octanol–water partition coefficient (Wildman–Crippen LogP) is 1.45. The lowest BCUT2D eigenvalue weighted by Crippen LogP contribution is -2.37. The molecule has 1 aliphatic heterocycles. The third-order valence-corrected chi connectivity index (χ3v) is 3.45. The topological polar surface area (TPSA) is 62.4 Å². The van der Waals surface area contributed by atoms with Crippen molar-refractivity contribution >= 4 is 17.6 Å². The van der Waals surface area contributed by atoms with E-state index < -0.39 is 0 Å². The summed E-state index contributed by atoms with van der Waals surface area (Å²) in [5.41, 5.74) is 0. The first-order chi connectivity index (χ1) is 8.20. The van der Waals surface area contributed by atoms with Crippen LogP contribution in [0.5, 0.6) is 0 Å². The number of hydrogen-bond acceptors (Lipinski definition) is 5. The summed E-state index contributed by atoms with van der Waals surface area (Å²) in [4.78, 5) is 2.07. The molecule has 0 aromatic carbocycles. The Morgan fingerprint density at radius 3 is 2.76 bits per heavy atom. The van der Waals surface area contributed by atoms with Gasteiger partial charge >= 0.3 is 6.01 Å². The van der Waals surface area contributed by atoms with Crippen molar-refractivity contribution in [1.29, 1.82) is 0 Å². The Kier molecular flexibility index (Phi) is 4.23. The summed E-state index contributed by atoms with van der Waals surface area (Å²) in [5, 5.41) is 17.5. The molecular weight excluding hydrogens is 242 g/mol. The van der Waals surface area contributed by atoms with Gasteiger partial charge in [0.1, 0.15) is 0 Å². The van der Waals surface area contributed by atoms with Crippen molar-refractivity contribution in [1.82, 2.24) is 10.2 Å². The van der Waals surface area contributed by atoms with Crippen molar-refractivity contribution in [2.24, 2.45) is 5.92 Å². The summed E-state index contributed by atoms with van der Waals surface area (Å²) in [6, 6.07) is 0.578. The maximum absolute atomic E-state index is 9.52. The highest BCUT2D eigenvalue weighted by atomic mass is 35.5. The lowest BCUT2D eigenvalue weighted by atomic mass is 9.92.